The van der Waals surface area contributed by atoms with Gasteiger partial charge in [0, 0.05) is 10.6 Å². The van der Waals surface area contributed by atoms with Crippen LogP contribution in [0.3, 0.4) is 0 Å². The van der Waals surface area contributed by atoms with Gasteiger partial charge >= 0.3 is 5.97 Å². The van der Waals surface area contributed by atoms with Crippen LogP contribution in [0.25, 0.3) is 11.1 Å². The number of para-hydroxylation sites is 1. The van der Waals surface area contributed by atoms with Crippen LogP contribution in [0, 0.1) is 5.92 Å². The molecule has 4 nitrogen and oxygen atoms in total. The van der Waals surface area contributed by atoms with E-state index in [0.717, 1.165) is 46.4 Å². The number of fused-ring (bicyclic) bond motifs is 1. The highest BCUT2D eigenvalue weighted by Gasteiger charge is 2.37. The molecule has 5 rings (SSSR count). The summed E-state index contributed by atoms with van der Waals surface area (Å²) in [4.78, 5) is 28.0. The fourth-order valence-corrected chi connectivity index (χ4v) is 5.53. The van der Waals surface area contributed by atoms with Gasteiger partial charge in [-0.1, -0.05) is 73.3 Å². The topological polar surface area (TPSA) is 46.6 Å². The number of nitrogens with zero attached hydrogens (tertiary/aromatic N) is 1. The van der Waals surface area contributed by atoms with E-state index in [4.69, 9.17) is 16.3 Å². The third-order valence-corrected chi connectivity index (χ3v) is 7.30. The lowest BCUT2D eigenvalue weighted by atomic mass is 9.78. The number of rotatable bonds is 5. The van der Waals surface area contributed by atoms with Crippen molar-refractivity contribution in [2.24, 2.45) is 5.92 Å². The zero-order chi connectivity index (χ0) is 24.4. The number of ether oxygens (including phenoxy) is 1. The van der Waals surface area contributed by atoms with Crippen molar-refractivity contribution in [1.82, 2.24) is 0 Å². The zero-order valence-electron chi connectivity index (χ0n) is 19.8. The van der Waals surface area contributed by atoms with E-state index in [9.17, 15) is 9.59 Å². The van der Waals surface area contributed by atoms with E-state index in [-0.39, 0.29) is 11.9 Å². The van der Waals surface area contributed by atoms with Gasteiger partial charge in [-0.2, -0.15) is 0 Å². The van der Waals surface area contributed by atoms with E-state index in [0.29, 0.717) is 23.0 Å². The quantitative estimate of drug-likeness (QED) is 0.284. The average Bonchev–Trinajstić information content (AvgIpc) is 3.17. The summed E-state index contributed by atoms with van der Waals surface area (Å²) in [6, 6.07) is 23.2. The van der Waals surface area contributed by atoms with Gasteiger partial charge in [-0.25, -0.2) is 4.79 Å². The number of carbonyl (C=O) groups excluding carboxylic acids is 2. The molecular formula is C30H28ClNO3. The van der Waals surface area contributed by atoms with E-state index in [1.807, 2.05) is 65.6 Å². The molecule has 0 saturated heterocycles. The highest BCUT2D eigenvalue weighted by molar-refractivity contribution is 6.37. The van der Waals surface area contributed by atoms with Crippen molar-refractivity contribution in [2.45, 2.75) is 38.6 Å². The lowest BCUT2D eigenvalue weighted by molar-refractivity contribution is -0.113. The molecular weight excluding hydrogens is 458 g/mol. The fourth-order valence-electron chi connectivity index (χ4n) is 5.40. The van der Waals surface area contributed by atoms with Gasteiger partial charge < -0.3 is 9.64 Å². The maximum atomic E-state index is 14.1. The van der Waals surface area contributed by atoms with E-state index in [1.54, 1.807) is 12.1 Å². The largest absolute Gasteiger partial charge is 0.465 e. The molecule has 2 aliphatic rings. The Hall–Kier alpha value is -3.37. The standard InChI is InChI=1S/C30H28ClNO3/c1-35-30(34)23-11-7-8-20(18-23)19-32-26-13-6-5-12-25(26)28(29(32)33)27(21-9-3-2-4-10-21)22-14-16-24(31)17-15-22/h5-8,11-18,21H,2-4,9-10,19H2,1H3. The van der Waals surface area contributed by atoms with Gasteiger partial charge in [0.1, 0.15) is 0 Å². The molecule has 5 heteroatoms. The maximum absolute atomic E-state index is 14.1. The van der Waals surface area contributed by atoms with Crippen molar-refractivity contribution in [2.75, 3.05) is 12.0 Å². The normalized spacial score (nSPS) is 17.3. The molecule has 0 aromatic heterocycles. The summed E-state index contributed by atoms with van der Waals surface area (Å²) in [5.74, 6) is -0.0485. The van der Waals surface area contributed by atoms with Gasteiger partial charge in [-0.3, -0.25) is 4.79 Å². The number of allylic oxidation sites excluding steroid dienone is 1. The Bertz CT molecular complexity index is 1290. The third-order valence-electron chi connectivity index (χ3n) is 7.05. The Morgan fingerprint density at radius 1 is 0.943 bits per heavy atom. The van der Waals surface area contributed by atoms with Crippen LogP contribution in [0.4, 0.5) is 5.69 Å². The first-order chi connectivity index (χ1) is 17.1. The van der Waals surface area contributed by atoms with Crippen LogP contribution in [-0.2, 0) is 16.1 Å². The molecule has 35 heavy (non-hydrogen) atoms. The van der Waals surface area contributed by atoms with Crippen LogP contribution < -0.4 is 4.90 Å². The molecule has 0 radical (unpaired) electrons. The number of benzene rings is 3. The monoisotopic (exact) mass is 485 g/mol. The van der Waals surface area contributed by atoms with Gasteiger partial charge in [0.2, 0.25) is 0 Å². The van der Waals surface area contributed by atoms with Crippen molar-refractivity contribution >= 4 is 40.3 Å². The predicted octanol–water partition coefficient (Wildman–Crippen LogP) is 7.16. The van der Waals surface area contributed by atoms with E-state index in [2.05, 4.69) is 0 Å². The van der Waals surface area contributed by atoms with E-state index < -0.39 is 0 Å². The number of hydrogen-bond acceptors (Lipinski definition) is 3. The molecule has 1 aliphatic heterocycles. The molecule has 0 bridgehead atoms. The van der Waals surface area contributed by atoms with Crippen LogP contribution in [-0.4, -0.2) is 19.0 Å². The second kappa shape index (κ2) is 10.1. The van der Waals surface area contributed by atoms with Crippen LogP contribution in [0.1, 0.15) is 59.2 Å². The van der Waals surface area contributed by atoms with Crippen molar-refractivity contribution in [1.29, 1.82) is 0 Å². The van der Waals surface area contributed by atoms with Crippen molar-refractivity contribution in [3.8, 4) is 0 Å². The summed E-state index contributed by atoms with van der Waals surface area (Å²) < 4.78 is 4.88. The maximum Gasteiger partial charge on any atom is 0.337 e. The van der Waals surface area contributed by atoms with Crippen LogP contribution in [0.5, 0.6) is 0 Å². The van der Waals surface area contributed by atoms with Gasteiger partial charge in [0.25, 0.3) is 5.91 Å². The summed E-state index contributed by atoms with van der Waals surface area (Å²) in [7, 11) is 1.37. The summed E-state index contributed by atoms with van der Waals surface area (Å²) in [5.41, 5.74) is 6.21. The Morgan fingerprint density at radius 2 is 1.69 bits per heavy atom. The van der Waals surface area contributed by atoms with E-state index >= 15 is 0 Å². The van der Waals surface area contributed by atoms with Gasteiger partial charge in [0.05, 0.1) is 30.5 Å². The lowest BCUT2D eigenvalue weighted by Crippen LogP contribution is -2.26. The first-order valence-electron chi connectivity index (χ1n) is 12.2. The number of hydrogen-bond donors (Lipinski definition) is 0. The molecule has 1 aliphatic carbocycles. The lowest BCUT2D eigenvalue weighted by Gasteiger charge is -2.27. The Kier molecular flexibility index (Phi) is 6.74. The highest BCUT2D eigenvalue weighted by atomic mass is 35.5. The SMILES string of the molecule is COC(=O)c1cccc(CN2C(=O)C(=C(c3ccc(Cl)cc3)C3CCCCC3)c3ccccc32)c1. The minimum atomic E-state index is -0.386. The number of halogens is 1. The average molecular weight is 486 g/mol. The fraction of sp³-hybridized carbons (Fsp3) is 0.267. The Balaban J connectivity index is 1.61. The highest BCUT2D eigenvalue weighted by Crippen LogP contribution is 2.46. The number of carbonyl (C=O) groups is 2. The van der Waals surface area contributed by atoms with Crippen LogP contribution in [0.15, 0.2) is 72.8 Å². The minimum Gasteiger partial charge on any atom is -0.465 e. The first-order valence-corrected chi connectivity index (χ1v) is 12.5. The smallest absolute Gasteiger partial charge is 0.337 e. The van der Waals surface area contributed by atoms with Gasteiger partial charge in [0.15, 0.2) is 0 Å². The van der Waals surface area contributed by atoms with Crippen LogP contribution in [0.2, 0.25) is 5.02 Å². The molecule has 0 unspecified atom stereocenters. The molecule has 1 amide bonds. The summed E-state index contributed by atoms with van der Waals surface area (Å²) in [6.07, 6.45) is 5.76. The Morgan fingerprint density at radius 3 is 2.43 bits per heavy atom. The molecule has 1 fully saturated rings. The molecule has 1 heterocycles. The molecule has 178 valence electrons. The molecule has 0 atom stereocenters. The van der Waals surface area contributed by atoms with Crippen molar-refractivity contribution in [3.05, 3.63) is 100 Å². The molecule has 1 saturated carbocycles. The first kappa shape index (κ1) is 23.4. The third kappa shape index (κ3) is 4.63. The van der Waals surface area contributed by atoms with Crippen LogP contribution >= 0.6 is 11.6 Å². The molecule has 0 N–H and O–H groups in total. The van der Waals surface area contributed by atoms with Crippen molar-refractivity contribution in [3.63, 3.8) is 0 Å². The predicted molar refractivity (Wildman–Crippen MR) is 140 cm³/mol. The molecule has 0 spiro atoms. The number of esters is 1. The summed E-state index contributed by atoms with van der Waals surface area (Å²) in [6.45, 7) is 0.378. The molecule has 3 aromatic rings. The molecule has 3 aromatic carbocycles. The van der Waals surface area contributed by atoms with Gasteiger partial charge in [-0.15, -0.1) is 0 Å². The zero-order valence-corrected chi connectivity index (χ0v) is 20.6. The van der Waals surface area contributed by atoms with Gasteiger partial charge in [-0.05, 0) is 65.8 Å². The second-order valence-electron chi connectivity index (χ2n) is 9.23. The second-order valence-corrected chi connectivity index (χ2v) is 9.67. The minimum absolute atomic E-state index is 0.00481. The Labute approximate surface area is 211 Å². The number of amides is 1. The number of anilines is 1. The van der Waals surface area contributed by atoms with E-state index in [1.165, 1.54) is 26.4 Å². The summed E-state index contributed by atoms with van der Waals surface area (Å²) >= 11 is 6.21. The van der Waals surface area contributed by atoms with Crippen molar-refractivity contribution < 1.29 is 14.3 Å². The summed E-state index contributed by atoms with van der Waals surface area (Å²) in [5, 5.41) is 0.687. The number of methoxy groups -OCH3 is 1.